The number of pyridine rings is 1. The summed E-state index contributed by atoms with van der Waals surface area (Å²) in [5, 5.41) is 13.2. The molecule has 2 N–H and O–H groups in total. The van der Waals surface area contributed by atoms with Gasteiger partial charge in [-0.05, 0) is 30.7 Å². The monoisotopic (exact) mass is 343 g/mol. The van der Waals surface area contributed by atoms with Crippen LogP contribution >= 0.6 is 0 Å². The fourth-order valence-corrected chi connectivity index (χ4v) is 2.60. The normalized spacial score (nSPS) is 13.9. The van der Waals surface area contributed by atoms with Gasteiger partial charge in [-0.2, -0.15) is 0 Å². The van der Waals surface area contributed by atoms with Crippen LogP contribution in [0, 0.1) is 0 Å². The molecule has 132 valence electrons. The molecule has 1 aliphatic rings. The molecule has 0 bridgehead atoms. The number of nitrogens with zero attached hydrogens (tertiary/aromatic N) is 2. The van der Waals surface area contributed by atoms with E-state index in [1.54, 1.807) is 33.3 Å². The van der Waals surface area contributed by atoms with Crippen molar-refractivity contribution in [3.8, 4) is 28.4 Å². The lowest BCUT2D eigenvalue weighted by molar-refractivity contribution is -0.129. The summed E-state index contributed by atoms with van der Waals surface area (Å²) in [5.74, 6) is 1.53. The van der Waals surface area contributed by atoms with Crippen molar-refractivity contribution in [3.63, 3.8) is 0 Å². The molecule has 7 nitrogen and oxygen atoms in total. The number of hydrogen-bond acceptors (Lipinski definition) is 6. The fourth-order valence-electron chi connectivity index (χ4n) is 2.60. The maximum Gasteiger partial charge on any atom is 0.244 e. The Morgan fingerprint density at radius 2 is 1.92 bits per heavy atom. The molecule has 3 rings (SSSR count). The summed E-state index contributed by atoms with van der Waals surface area (Å²) in [5.41, 5.74) is 1.60. The summed E-state index contributed by atoms with van der Waals surface area (Å²) in [4.78, 5) is 17.6. The first-order chi connectivity index (χ1) is 12.0. The van der Waals surface area contributed by atoms with E-state index >= 15 is 0 Å². The van der Waals surface area contributed by atoms with Crippen molar-refractivity contribution < 1.29 is 19.4 Å². The zero-order chi connectivity index (χ0) is 18.0. The standard InChI is InChI=1S/C18H21N3O4/c1-11(18(23)21(2)3)20-17-14(22)8-13(10-19-17)12-4-5-15-16(9-12)25-7-6-24-15/h4-5,8-11,22H,6-7H2,1-3H3,(H,19,20). The van der Waals surface area contributed by atoms with Crippen LogP contribution in [0.15, 0.2) is 30.5 Å². The maximum absolute atomic E-state index is 11.9. The molecule has 0 fully saturated rings. The van der Waals surface area contributed by atoms with Crippen LogP contribution in [0.1, 0.15) is 6.92 Å². The van der Waals surface area contributed by atoms with Crippen LogP contribution in [0.4, 0.5) is 5.82 Å². The molecule has 1 aliphatic heterocycles. The molecule has 1 aromatic heterocycles. The lowest BCUT2D eigenvalue weighted by Gasteiger charge is -2.20. The van der Waals surface area contributed by atoms with E-state index in [2.05, 4.69) is 10.3 Å². The van der Waals surface area contributed by atoms with Crippen molar-refractivity contribution in [1.82, 2.24) is 9.88 Å². The van der Waals surface area contributed by atoms with Crippen LogP contribution in [0.25, 0.3) is 11.1 Å². The van der Waals surface area contributed by atoms with E-state index in [4.69, 9.17) is 9.47 Å². The number of nitrogens with one attached hydrogen (secondary N) is 1. The van der Waals surface area contributed by atoms with Crippen molar-refractivity contribution in [2.24, 2.45) is 0 Å². The van der Waals surface area contributed by atoms with Gasteiger partial charge in [0, 0.05) is 25.9 Å². The third-order valence-corrected chi connectivity index (χ3v) is 3.91. The number of benzene rings is 1. The Morgan fingerprint density at radius 3 is 2.60 bits per heavy atom. The molecule has 0 saturated carbocycles. The lowest BCUT2D eigenvalue weighted by Crippen LogP contribution is -2.36. The van der Waals surface area contributed by atoms with E-state index in [-0.39, 0.29) is 17.5 Å². The van der Waals surface area contributed by atoms with E-state index in [0.717, 1.165) is 11.1 Å². The third-order valence-electron chi connectivity index (χ3n) is 3.91. The van der Waals surface area contributed by atoms with Gasteiger partial charge >= 0.3 is 0 Å². The quantitative estimate of drug-likeness (QED) is 0.885. The SMILES string of the molecule is CC(Nc1ncc(-c2ccc3c(c2)OCCO3)cc1O)C(=O)N(C)C. The number of carbonyl (C=O) groups is 1. The van der Waals surface area contributed by atoms with Crippen LogP contribution < -0.4 is 14.8 Å². The summed E-state index contributed by atoms with van der Waals surface area (Å²) < 4.78 is 11.1. The van der Waals surface area contributed by atoms with Crippen molar-refractivity contribution in [2.75, 3.05) is 32.6 Å². The van der Waals surface area contributed by atoms with E-state index in [1.807, 2.05) is 18.2 Å². The fraction of sp³-hybridized carbons (Fsp3) is 0.333. The number of likely N-dealkylation sites (N-methyl/N-ethyl adjacent to an activating group) is 1. The number of amides is 1. The summed E-state index contributed by atoms with van der Waals surface area (Å²) in [6, 6.07) is 6.69. The molecule has 1 aromatic carbocycles. The number of ether oxygens (including phenoxy) is 2. The number of rotatable bonds is 4. The second-order valence-corrected chi connectivity index (χ2v) is 6.05. The van der Waals surface area contributed by atoms with E-state index in [0.29, 0.717) is 24.7 Å². The number of anilines is 1. The smallest absolute Gasteiger partial charge is 0.244 e. The molecule has 0 aliphatic carbocycles. The average Bonchev–Trinajstić information content (AvgIpc) is 2.62. The van der Waals surface area contributed by atoms with Crippen molar-refractivity contribution in [3.05, 3.63) is 30.5 Å². The predicted octanol–water partition coefficient (Wildman–Crippen LogP) is 2.11. The van der Waals surface area contributed by atoms with Gasteiger partial charge in [-0.15, -0.1) is 0 Å². The number of fused-ring (bicyclic) bond motifs is 1. The van der Waals surface area contributed by atoms with E-state index in [9.17, 15) is 9.90 Å². The highest BCUT2D eigenvalue weighted by molar-refractivity contribution is 5.84. The predicted molar refractivity (Wildman–Crippen MR) is 94.1 cm³/mol. The summed E-state index contributed by atoms with van der Waals surface area (Å²) in [7, 11) is 3.36. The van der Waals surface area contributed by atoms with Crippen LogP contribution in [-0.4, -0.2) is 54.2 Å². The number of aromatic hydroxyl groups is 1. The Morgan fingerprint density at radius 1 is 1.20 bits per heavy atom. The summed E-state index contributed by atoms with van der Waals surface area (Å²) in [6.45, 7) is 2.78. The zero-order valence-corrected chi connectivity index (χ0v) is 14.4. The number of aromatic nitrogens is 1. The molecule has 0 spiro atoms. The van der Waals surface area contributed by atoms with Crippen molar-refractivity contribution in [2.45, 2.75) is 13.0 Å². The summed E-state index contributed by atoms with van der Waals surface area (Å²) >= 11 is 0. The highest BCUT2D eigenvalue weighted by Gasteiger charge is 2.18. The maximum atomic E-state index is 11.9. The number of hydrogen-bond donors (Lipinski definition) is 2. The van der Waals surface area contributed by atoms with Gasteiger partial charge < -0.3 is 24.8 Å². The minimum atomic E-state index is -0.492. The zero-order valence-electron chi connectivity index (χ0n) is 14.4. The van der Waals surface area contributed by atoms with Crippen LogP contribution in [0.2, 0.25) is 0 Å². The van der Waals surface area contributed by atoms with E-state index < -0.39 is 6.04 Å². The minimum absolute atomic E-state index is 0.0224. The largest absolute Gasteiger partial charge is 0.504 e. The van der Waals surface area contributed by atoms with Crippen LogP contribution in [0.3, 0.4) is 0 Å². The lowest BCUT2D eigenvalue weighted by atomic mass is 10.1. The van der Waals surface area contributed by atoms with Crippen LogP contribution in [0.5, 0.6) is 17.2 Å². The Kier molecular flexibility index (Phi) is 4.65. The second kappa shape index (κ2) is 6.88. The first-order valence-corrected chi connectivity index (χ1v) is 8.02. The van der Waals surface area contributed by atoms with Gasteiger partial charge in [-0.25, -0.2) is 4.98 Å². The molecule has 2 aromatic rings. The van der Waals surface area contributed by atoms with Crippen molar-refractivity contribution in [1.29, 1.82) is 0 Å². The van der Waals surface area contributed by atoms with E-state index in [1.165, 1.54) is 4.90 Å². The molecular weight excluding hydrogens is 322 g/mol. The minimum Gasteiger partial charge on any atom is -0.504 e. The molecule has 1 atom stereocenters. The molecule has 0 saturated heterocycles. The van der Waals surface area contributed by atoms with Gasteiger partial charge in [0.2, 0.25) is 5.91 Å². The second-order valence-electron chi connectivity index (χ2n) is 6.05. The van der Waals surface area contributed by atoms with Crippen molar-refractivity contribution >= 4 is 11.7 Å². The first-order valence-electron chi connectivity index (χ1n) is 8.02. The topological polar surface area (TPSA) is 83.9 Å². The van der Waals surface area contributed by atoms with Crippen LogP contribution in [-0.2, 0) is 4.79 Å². The third kappa shape index (κ3) is 3.60. The van der Waals surface area contributed by atoms with Gasteiger partial charge in [0.15, 0.2) is 23.1 Å². The first kappa shape index (κ1) is 16.9. The van der Waals surface area contributed by atoms with Gasteiger partial charge in [0.05, 0.1) is 0 Å². The molecule has 1 amide bonds. The highest BCUT2D eigenvalue weighted by Crippen LogP contribution is 2.36. The highest BCUT2D eigenvalue weighted by atomic mass is 16.6. The Labute approximate surface area is 146 Å². The Balaban J connectivity index is 1.81. The Hall–Kier alpha value is -2.96. The Bertz CT molecular complexity index is 792. The molecular formula is C18H21N3O4. The molecule has 2 heterocycles. The molecule has 1 unspecified atom stereocenters. The van der Waals surface area contributed by atoms with Gasteiger partial charge in [-0.3, -0.25) is 4.79 Å². The van der Waals surface area contributed by atoms with Gasteiger partial charge in [0.1, 0.15) is 19.3 Å². The molecule has 7 heteroatoms. The number of carbonyl (C=O) groups excluding carboxylic acids is 1. The summed E-state index contributed by atoms with van der Waals surface area (Å²) in [6.07, 6.45) is 1.64. The molecule has 25 heavy (non-hydrogen) atoms. The van der Waals surface area contributed by atoms with Gasteiger partial charge in [0.25, 0.3) is 0 Å². The van der Waals surface area contributed by atoms with Gasteiger partial charge in [-0.1, -0.05) is 6.07 Å². The molecule has 0 radical (unpaired) electrons. The average molecular weight is 343 g/mol.